The molecule has 0 aromatic carbocycles. The lowest BCUT2D eigenvalue weighted by molar-refractivity contribution is 0.0526. The van der Waals surface area contributed by atoms with Crippen molar-refractivity contribution < 1.29 is 4.79 Å². The zero-order valence-electron chi connectivity index (χ0n) is 10.6. The molecule has 3 N–H and O–H groups in total. The summed E-state index contributed by atoms with van der Waals surface area (Å²) < 4.78 is 0. The molecule has 1 aromatic rings. The number of nitrogens with one attached hydrogen (secondary N) is 1. The van der Waals surface area contributed by atoms with Crippen LogP contribution < -0.4 is 11.3 Å². The van der Waals surface area contributed by atoms with E-state index in [1.807, 2.05) is 0 Å². The second-order valence-electron chi connectivity index (χ2n) is 5.42. The first-order valence-electron chi connectivity index (χ1n) is 6.01. The van der Waals surface area contributed by atoms with Crippen molar-refractivity contribution in [3.05, 3.63) is 28.2 Å². The number of H-pyrrole nitrogens is 1. The average molecular weight is 250 g/mol. The van der Waals surface area contributed by atoms with Gasteiger partial charge in [0, 0.05) is 25.2 Å². The first kappa shape index (κ1) is 12.8. The topological polar surface area (TPSA) is 92.1 Å². The van der Waals surface area contributed by atoms with Gasteiger partial charge in [0.25, 0.3) is 11.5 Å². The molecule has 1 aromatic heterocycles. The van der Waals surface area contributed by atoms with E-state index in [0.29, 0.717) is 13.1 Å². The predicted molar refractivity (Wildman–Crippen MR) is 67.1 cm³/mol. The second-order valence-corrected chi connectivity index (χ2v) is 5.42. The Bertz CT molecular complexity index is 489. The van der Waals surface area contributed by atoms with Crippen molar-refractivity contribution in [2.24, 2.45) is 11.1 Å². The normalized spacial score (nSPS) is 22.8. The summed E-state index contributed by atoms with van der Waals surface area (Å²) in [5.74, 6) is -0.161. The predicted octanol–water partition coefficient (Wildman–Crippen LogP) is -0.0307. The molecule has 1 amide bonds. The zero-order chi connectivity index (χ0) is 13.3. The summed E-state index contributed by atoms with van der Waals surface area (Å²) in [5.41, 5.74) is 5.88. The number of likely N-dealkylation sites (tertiary alicyclic amines) is 1. The van der Waals surface area contributed by atoms with E-state index in [1.54, 1.807) is 4.90 Å². The Morgan fingerprint density at radius 2 is 2.28 bits per heavy atom. The smallest absolute Gasteiger partial charge is 0.274 e. The van der Waals surface area contributed by atoms with Crippen molar-refractivity contribution >= 4 is 5.91 Å². The van der Waals surface area contributed by atoms with Crippen LogP contribution in [-0.2, 0) is 0 Å². The Morgan fingerprint density at radius 3 is 2.83 bits per heavy atom. The molecule has 1 fully saturated rings. The number of hydrogen-bond acceptors (Lipinski definition) is 4. The van der Waals surface area contributed by atoms with Crippen LogP contribution in [0.25, 0.3) is 0 Å². The lowest BCUT2D eigenvalue weighted by Gasteiger charge is -2.42. The van der Waals surface area contributed by atoms with Crippen molar-refractivity contribution in [3.8, 4) is 0 Å². The molecule has 1 unspecified atom stereocenters. The molecule has 0 radical (unpaired) electrons. The van der Waals surface area contributed by atoms with Gasteiger partial charge in [-0.2, -0.15) is 5.10 Å². The number of rotatable bonds is 1. The van der Waals surface area contributed by atoms with E-state index in [-0.39, 0.29) is 28.6 Å². The van der Waals surface area contributed by atoms with Crippen LogP contribution in [0, 0.1) is 5.41 Å². The highest BCUT2D eigenvalue weighted by molar-refractivity contribution is 5.92. The van der Waals surface area contributed by atoms with Crippen molar-refractivity contribution in [1.29, 1.82) is 0 Å². The molecule has 2 rings (SSSR count). The summed E-state index contributed by atoms with van der Waals surface area (Å²) in [7, 11) is 0. The fourth-order valence-electron chi connectivity index (χ4n) is 2.17. The fourth-order valence-corrected chi connectivity index (χ4v) is 2.17. The van der Waals surface area contributed by atoms with Gasteiger partial charge in [-0.1, -0.05) is 13.8 Å². The van der Waals surface area contributed by atoms with Gasteiger partial charge in [0.1, 0.15) is 5.69 Å². The van der Waals surface area contributed by atoms with Crippen molar-refractivity contribution in [2.45, 2.75) is 26.3 Å². The number of carbonyl (C=O) groups is 1. The average Bonchev–Trinajstić information content (AvgIpc) is 2.33. The molecule has 1 aliphatic rings. The summed E-state index contributed by atoms with van der Waals surface area (Å²) in [4.78, 5) is 24.9. The third kappa shape index (κ3) is 2.43. The minimum Gasteiger partial charge on any atom is -0.337 e. The van der Waals surface area contributed by atoms with E-state index in [4.69, 9.17) is 5.73 Å². The Labute approximate surface area is 105 Å². The summed E-state index contributed by atoms with van der Waals surface area (Å²) in [6.45, 7) is 5.34. The van der Waals surface area contributed by atoms with Crippen LogP contribution >= 0.6 is 0 Å². The number of nitrogens with zero attached hydrogens (tertiary/aromatic N) is 2. The molecule has 0 saturated carbocycles. The van der Waals surface area contributed by atoms with Gasteiger partial charge in [0.2, 0.25) is 0 Å². The summed E-state index contributed by atoms with van der Waals surface area (Å²) in [6.07, 6.45) is 0.780. The van der Waals surface area contributed by atoms with Gasteiger partial charge in [0.15, 0.2) is 0 Å². The number of nitrogens with two attached hydrogens (primary N) is 1. The van der Waals surface area contributed by atoms with E-state index < -0.39 is 0 Å². The third-order valence-electron chi connectivity index (χ3n) is 3.50. The molecule has 1 atom stereocenters. The van der Waals surface area contributed by atoms with E-state index in [2.05, 4.69) is 24.0 Å². The highest BCUT2D eigenvalue weighted by atomic mass is 16.2. The summed E-state index contributed by atoms with van der Waals surface area (Å²) in [6, 6.07) is 2.86. The largest absolute Gasteiger partial charge is 0.337 e. The quantitative estimate of drug-likeness (QED) is 0.732. The van der Waals surface area contributed by atoms with E-state index in [9.17, 15) is 9.59 Å². The molecule has 2 heterocycles. The van der Waals surface area contributed by atoms with Crippen LogP contribution in [0.1, 0.15) is 30.8 Å². The van der Waals surface area contributed by atoms with E-state index in [0.717, 1.165) is 6.42 Å². The molecule has 1 aliphatic heterocycles. The molecular formula is C12H18N4O2. The molecule has 6 heteroatoms. The Kier molecular flexibility index (Phi) is 3.21. The van der Waals surface area contributed by atoms with E-state index >= 15 is 0 Å². The van der Waals surface area contributed by atoms with Crippen molar-refractivity contribution in [1.82, 2.24) is 15.1 Å². The number of piperidine rings is 1. The zero-order valence-corrected chi connectivity index (χ0v) is 10.6. The maximum Gasteiger partial charge on any atom is 0.274 e. The number of aromatic nitrogens is 2. The number of hydrogen-bond donors (Lipinski definition) is 2. The molecule has 0 aliphatic carbocycles. The Hall–Kier alpha value is -1.69. The summed E-state index contributed by atoms with van der Waals surface area (Å²) >= 11 is 0. The van der Waals surface area contributed by atoms with Crippen LogP contribution in [0.15, 0.2) is 16.9 Å². The van der Waals surface area contributed by atoms with Crippen LogP contribution in [0.3, 0.4) is 0 Å². The van der Waals surface area contributed by atoms with Gasteiger partial charge < -0.3 is 10.6 Å². The van der Waals surface area contributed by atoms with E-state index in [1.165, 1.54) is 12.1 Å². The van der Waals surface area contributed by atoms with Crippen LogP contribution in [-0.4, -0.2) is 40.1 Å². The van der Waals surface area contributed by atoms with Gasteiger partial charge in [-0.3, -0.25) is 9.59 Å². The molecule has 1 saturated heterocycles. The van der Waals surface area contributed by atoms with Gasteiger partial charge in [0.05, 0.1) is 0 Å². The molecule has 0 bridgehead atoms. The molecule has 0 spiro atoms. The Balaban J connectivity index is 2.15. The fraction of sp³-hybridized carbons (Fsp3) is 0.583. The molecule has 98 valence electrons. The number of amides is 1. The monoisotopic (exact) mass is 250 g/mol. The standard InChI is InChI=1S/C12H18N4O2/c1-12(2)7-16(6-5-9(12)13)11(18)8-3-4-10(17)15-14-8/h3-4,9H,5-7,13H2,1-2H3,(H,15,17). The van der Waals surface area contributed by atoms with Gasteiger partial charge in [-0.05, 0) is 17.9 Å². The molecule has 18 heavy (non-hydrogen) atoms. The maximum atomic E-state index is 12.2. The minimum atomic E-state index is -0.312. The maximum absolute atomic E-state index is 12.2. The van der Waals surface area contributed by atoms with Gasteiger partial charge in [-0.15, -0.1) is 0 Å². The SMILES string of the molecule is CC1(C)CN(C(=O)c2ccc(=O)[nH]n2)CCC1N. The minimum absolute atomic E-state index is 0.101. The lowest BCUT2D eigenvalue weighted by atomic mass is 9.79. The third-order valence-corrected chi connectivity index (χ3v) is 3.50. The summed E-state index contributed by atoms with van der Waals surface area (Å²) in [5, 5.41) is 6.03. The molecular weight excluding hydrogens is 232 g/mol. The number of carbonyl (C=O) groups excluding carboxylic acids is 1. The highest BCUT2D eigenvalue weighted by Crippen LogP contribution is 2.28. The first-order valence-corrected chi connectivity index (χ1v) is 6.01. The lowest BCUT2D eigenvalue weighted by Crippen LogP contribution is -2.54. The highest BCUT2D eigenvalue weighted by Gasteiger charge is 2.35. The second kappa shape index (κ2) is 4.53. The van der Waals surface area contributed by atoms with Gasteiger partial charge in [-0.25, -0.2) is 5.10 Å². The number of aromatic amines is 1. The molecule has 6 nitrogen and oxygen atoms in total. The Morgan fingerprint density at radius 1 is 1.56 bits per heavy atom. The van der Waals surface area contributed by atoms with Crippen molar-refractivity contribution in [2.75, 3.05) is 13.1 Å². The first-order chi connectivity index (χ1) is 8.40. The van der Waals surface area contributed by atoms with Gasteiger partial charge >= 0.3 is 0 Å². The van der Waals surface area contributed by atoms with Crippen LogP contribution in [0.4, 0.5) is 0 Å². The van der Waals surface area contributed by atoms with Crippen LogP contribution in [0.2, 0.25) is 0 Å². The van der Waals surface area contributed by atoms with Crippen LogP contribution in [0.5, 0.6) is 0 Å². The van der Waals surface area contributed by atoms with Crippen molar-refractivity contribution in [3.63, 3.8) is 0 Å².